The zero-order valence-electron chi connectivity index (χ0n) is 12.0. The SMILES string of the molecule is CCCCNC(=O)CN(CC)Cc1cccc(N)c1. The zero-order chi connectivity index (χ0) is 14.1. The minimum Gasteiger partial charge on any atom is -0.399 e. The van der Waals surface area contributed by atoms with Gasteiger partial charge in [0.05, 0.1) is 6.54 Å². The minimum atomic E-state index is 0.0965. The van der Waals surface area contributed by atoms with Gasteiger partial charge in [-0.3, -0.25) is 9.69 Å². The van der Waals surface area contributed by atoms with Crippen LogP contribution in [0.4, 0.5) is 5.69 Å². The molecule has 4 heteroatoms. The highest BCUT2D eigenvalue weighted by molar-refractivity contribution is 5.77. The fraction of sp³-hybridized carbons (Fsp3) is 0.533. The maximum absolute atomic E-state index is 11.8. The van der Waals surface area contributed by atoms with Crippen LogP contribution in [-0.4, -0.2) is 30.4 Å². The first kappa shape index (κ1) is 15.5. The van der Waals surface area contributed by atoms with E-state index in [-0.39, 0.29) is 5.91 Å². The van der Waals surface area contributed by atoms with E-state index in [0.717, 1.165) is 43.7 Å². The van der Waals surface area contributed by atoms with Gasteiger partial charge in [-0.2, -0.15) is 0 Å². The zero-order valence-corrected chi connectivity index (χ0v) is 12.0. The third kappa shape index (κ3) is 6.25. The van der Waals surface area contributed by atoms with Gasteiger partial charge >= 0.3 is 0 Å². The monoisotopic (exact) mass is 263 g/mol. The highest BCUT2D eigenvalue weighted by Crippen LogP contribution is 2.09. The third-order valence-electron chi connectivity index (χ3n) is 3.02. The second-order valence-corrected chi connectivity index (χ2v) is 4.75. The van der Waals surface area contributed by atoms with Gasteiger partial charge in [-0.1, -0.05) is 32.4 Å². The molecule has 0 saturated heterocycles. The molecule has 0 aliphatic carbocycles. The number of hydrogen-bond acceptors (Lipinski definition) is 3. The number of rotatable bonds is 8. The number of hydrogen-bond donors (Lipinski definition) is 2. The van der Waals surface area contributed by atoms with Crippen molar-refractivity contribution in [1.82, 2.24) is 10.2 Å². The lowest BCUT2D eigenvalue weighted by Crippen LogP contribution is -2.37. The van der Waals surface area contributed by atoms with Crippen molar-refractivity contribution in [2.45, 2.75) is 33.2 Å². The third-order valence-corrected chi connectivity index (χ3v) is 3.02. The van der Waals surface area contributed by atoms with Gasteiger partial charge in [0, 0.05) is 18.8 Å². The molecule has 1 aromatic rings. The first-order valence-electron chi connectivity index (χ1n) is 6.99. The molecule has 106 valence electrons. The molecule has 1 rings (SSSR count). The van der Waals surface area contributed by atoms with Crippen molar-refractivity contribution in [2.75, 3.05) is 25.4 Å². The number of carbonyl (C=O) groups excluding carboxylic acids is 1. The lowest BCUT2D eigenvalue weighted by Gasteiger charge is -2.20. The topological polar surface area (TPSA) is 58.4 Å². The summed E-state index contributed by atoms with van der Waals surface area (Å²) in [5.74, 6) is 0.0965. The molecule has 0 atom stereocenters. The molecular weight excluding hydrogens is 238 g/mol. The van der Waals surface area contributed by atoms with E-state index in [0.29, 0.717) is 6.54 Å². The molecule has 0 spiro atoms. The van der Waals surface area contributed by atoms with Crippen molar-refractivity contribution >= 4 is 11.6 Å². The van der Waals surface area contributed by atoms with Crippen LogP contribution in [0.15, 0.2) is 24.3 Å². The second-order valence-electron chi connectivity index (χ2n) is 4.75. The van der Waals surface area contributed by atoms with Gasteiger partial charge in [-0.15, -0.1) is 0 Å². The highest BCUT2D eigenvalue weighted by atomic mass is 16.2. The number of nitrogens with one attached hydrogen (secondary N) is 1. The van der Waals surface area contributed by atoms with E-state index in [9.17, 15) is 4.79 Å². The Kier molecular flexibility index (Phi) is 6.97. The maximum atomic E-state index is 11.8. The van der Waals surface area contributed by atoms with Crippen LogP contribution in [0.3, 0.4) is 0 Å². The maximum Gasteiger partial charge on any atom is 0.234 e. The summed E-state index contributed by atoms with van der Waals surface area (Å²) in [6.45, 7) is 6.98. The molecule has 0 aliphatic heterocycles. The Morgan fingerprint density at radius 3 is 2.79 bits per heavy atom. The fourth-order valence-corrected chi connectivity index (χ4v) is 1.89. The van der Waals surface area contributed by atoms with E-state index in [1.807, 2.05) is 24.3 Å². The number of amides is 1. The van der Waals surface area contributed by atoms with Crippen LogP contribution in [0.1, 0.15) is 32.3 Å². The molecule has 0 unspecified atom stereocenters. The highest BCUT2D eigenvalue weighted by Gasteiger charge is 2.09. The molecule has 0 radical (unpaired) electrons. The smallest absolute Gasteiger partial charge is 0.234 e. The minimum absolute atomic E-state index is 0.0965. The average Bonchev–Trinajstić information content (AvgIpc) is 2.38. The van der Waals surface area contributed by atoms with E-state index < -0.39 is 0 Å². The van der Waals surface area contributed by atoms with E-state index >= 15 is 0 Å². The molecule has 1 amide bonds. The number of anilines is 1. The summed E-state index contributed by atoms with van der Waals surface area (Å²) < 4.78 is 0. The van der Waals surface area contributed by atoms with Crippen molar-refractivity contribution in [2.24, 2.45) is 0 Å². The Balaban J connectivity index is 2.43. The number of benzene rings is 1. The summed E-state index contributed by atoms with van der Waals surface area (Å²) >= 11 is 0. The van der Waals surface area contributed by atoms with E-state index in [4.69, 9.17) is 5.73 Å². The molecule has 0 bridgehead atoms. The summed E-state index contributed by atoms with van der Waals surface area (Å²) in [6, 6.07) is 7.81. The summed E-state index contributed by atoms with van der Waals surface area (Å²) in [5.41, 5.74) is 7.67. The number of likely N-dealkylation sites (N-methyl/N-ethyl adjacent to an activating group) is 1. The number of unbranched alkanes of at least 4 members (excludes halogenated alkanes) is 1. The van der Waals surface area contributed by atoms with Crippen molar-refractivity contribution in [1.29, 1.82) is 0 Å². The molecule has 19 heavy (non-hydrogen) atoms. The molecule has 0 fully saturated rings. The van der Waals surface area contributed by atoms with Gasteiger partial charge in [-0.25, -0.2) is 0 Å². The average molecular weight is 263 g/mol. The fourth-order valence-electron chi connectivity index (χ4n) is 1.89. The van der Waals surface area contributed by atoms with Crippen LogP contribution in [0.2, 0.25) is 0 Å². The van der Waals surface area contributed by atoms with Crippen molar-refractivity contribution < 1.29 is 4.79 Å². The standard InChI is InChI=1S/C15H25N3O/c1-3-5-9-17-15(19)12-18(4-2)11-13-7-6-8-14(16)10-13/h6-8,10H,3-5,9,11-12,16H2,1-2H3,(H,17,19). The second kappa shape index (κ2) is 8.53. The van der Waals surface area contributed by atoms with Crippen molar-refractivity contribution in [3.8, 4) is 0 Å². The lowest BCUT2D eigenvalue weighted by atomic mass is 10.2. The number of carbonyl (C=O) groups is 1. The molecule has 0 aromatic heterocycles. The predicted molar refractivity (Wildman–Crippen MR) is 79.7 cm³/mol. The summed E-state index contributed by atoms with van der Waals surface area (Å²) in [5, 5.41) is 2.94. The summed E-state index contributed by atoms with van der Waals surface area (Å²) in [4.78, 5) is 13.9. The van der Waals surface area contributed by atoms with Crippen LogP contribution < -0.4 is 11.1 Å². The van der Waals surface area contributed by atoms with Crippen LogP contribution in [0.5, 0.6) is 0 Å². The molecule has 0 aliphatic rings. The summed E-state index contributed by atoms with van der Waals surface area (Å²) in [7, 11) is 0. The van der Waals surface area contributed by atoms with Crippen molar-refractivity contribution in [3.63, 3.8) is 0 Å². The van der Waals surface area contributed by atoms with E-state index in [1.54, 1.807) is 0 Å². The normalized spacial score (nSPS) is 10.7. The van der Waals surface area contributed by atoms with Crippen LogP contribution >= 0.6 is 0 Å². The lowest BCUT2D eigenvalue weighted by molar-refractivity contribution is -0.122. The molecule has 0 heterocycles. The number of nitrogens with two attached hydrogens (primary N) is 1. The Labute approximate surface area is 116 Å². The Hall–Kier alpha value is -1.55. The van der Waals surface area contributed by atoms with Gasteiger partial charge < -0.3 is 11.1 Å². The first-order chi connectivity index (χ1) is 9.15. The largest absolute Gasteiger partial charge is 0.399 e. The molecular formula is C15H25N3O. The Morgan fingerprint density at radius 2 is 2.16 bits per heavy atom. The van der Waals surface area contributed by atoms with Gasteiger partial charge in [0.1, 0.15) is 0 Å². The summed E-state index contributed by atoms with van der Waals surface area (Å²) in [6.07, 6.45) is 2.13. The van der Waals surface area contributed by atoms with Crippen molar-refractivity contribution in [3.05, 3.63) is 29.8 Å². The Bertz CT molecular complexity index is 393. The van der Waals surface area contributed by atoms with Gasteiger partial charge in [0.15, 0.2) is 0 Å². The Morgan fingerprint density at radius 1 is 1.37 bits per heavy atom. The van der Waals surface area contributed by atoms with Gasteiger partial charge in [0.2, 0.25) is 5.91 Å². The number of nitrogen functional groups attached to an aromatic ring is 1. The molecule has 0 saturated carbocycles. The van der Waals surface area contributed by atoms with Crippen LogP contribution in [0.25, 0.3) is 0 Å². The van der Waals surface area contributed by atoms with Crippen LogP contribution in [0, 0.1) is 0 Å². The van der Waals surface area contributed by atoms with Crippen LogP contribution in [-0.2, 0) is 11.3 Å². The van der Waals surface area contributed by atoms with Gasteiger partial charge in [-0.05, 0) is 30.7 Å². The number of nitrogens with zero attached hydrogens (tertiary/aromatic N) is 1. The predicted octanol–water partition coefficient (Wildman–Crippen LogP) is 2.01. The van der Waals surface area contributed by atoms with E-state index in [2.05, 4.69) is 24.1 Å². The van der Waals surface area contributed by atoms with Gasteiger partial charge in [0.25, 0.3) is 0 Å². The molecule has 1 aromatic carbocycles. The molecule has 3 N–H and O–H groups in total. The quantitative estimate of drug-likeness (QED) is 0.557. The molecule has 4 nitrogen and oxygen atoms in total. The van der Waals surface area contributed by atoms with E-state index in [1.165, 1.54) is 0 Å². The first-order valence-corrected chi connectivity index (χ1v) is 6.99.